The molecule has 0 amide bonds. The predicted octanol–water partition coefficient (Wildman–Crippen LogP) is 4.00. The highest BCUT2D eigenvalue weighted by Gasteiger charge is 2.35. The third kappa shape index (κ3) is 4.74. The van der Waals surface area contributed by atoms with Crippen molar-refractivity contribution < 1.29 is 9.47 Å². The molecule has 0 unspecified atom stereocenters. The van der Waals surface area contributed by atoms with Crippen molar-refractivity contribution in [1.29, 1.82) is 0 Å². The van der Waals surface area contributed by atoms with E-state index < -0.39 is 0 Å². The lowest BCUT2D eigenvalue weighted by Gasteiger charge is -2.22. The quantitative estimate of drug-likeness (QED) is 0.518. The van der Waals surface area contributed by atoms with Gasteiger partial charge in [0.2, 0.25) is 0 Å². The number of anilines is 2. The summed E-state index contributed by atoms with van der Waals surface area (Å²) in [5.41, 5.74) is 1.64. The second-order valence-electron chi connectivity index (χ2n) is 8.13. The first-order chi connectivity index (χ1) is 16.5. The number of rotatable bonds is 8. The molecule has 0 saturated carbocycles. The zero-order chi connectivity index (χ0) is 24.2. The summed E-state index contributed by atoms with van der Waals surface area (Å²) in [6.45, 7) is 8.14. The first-order valence-electron chi connectivity index (χ1n) is 11.5. The third-order valence-electron chi connectivity index (χ3n) is 6.03. The molecular weight excluding hydrogens is 454 g/mol. The van der Waals surface area contributed by atoms with Crippen molar-refractivity contribution in [2.75, 3.05) is 37.0 Å². The molecule has 2 aromatic heterocycles. The van der Waals surface area contributed by atoms with Crippen molar-refractivity contribution in [2.24, 2.45) is 0 Å². The van der Waals surface area contributed by atoms with Gasteiger partial charge in [0.05, 0.1) is 30.0 Å². The van der Waals surface area contributed by atoms with Gasteiger partial charge >= 0.3 is 0 Å². The number of hydrogen-bond acceptors (Lipinski definition) is 7. The first-order valence-corrected chi connectivity index (χ1v) is 11.8. The Hall–Kier alpha value is -3.10. The molecule has 1 fully saturated rings. The van der Waals surface area contributed by atoms with E-state index in [2.05, 4.69) is 15.2 Å². The summed E-state index contributed by atoms with van der Waals surface area (Å²) < 4.78 is 12.9. The third-order valence-corrected chi connectivity index (χ3v) is 6.35. The van der Waals surface area contributed by atoms with Crippen LogP contribution in [0.5, 0.6) is 5.75 Å². The van der Waals surface area contributed by atoms with E-state index >= 15 is 0 Å². The van der Waals surface area contributed by atoms with Gasteiger partial charge in [0.1, 0.15) is 23.1 Å². The average molecular weight is 484 g/mol. The zero-order valence-corrected chi connectivity index (χ0v) is 20.7. The van der Waals surface area contributed by atoms with Crippen LogP contribution < -0.4 is 20.5 Å². The lowest BCUT2D eigenvalue weighted by Crippen LogP contribution is -2.38. The van der Waals surface area contributed by atoms with Gasteiger partial charge < -0.3 is 19.7 Å². The van der Waals surface area contributed by atoms with E-state index in [1.54, 1.807) is 23.9 Å². The summed E-state index contributed by atoms with van der Waals surface area (Å²) in [4.78, 5) is 25.0. The van der Waals surface area contributed by atoms with Crippen LogP contribution in [0.15, 0.2) is 47.4 Å². The molecule has 34 heavy (non-hydrogen) atoms. The Kier molecular flexibility index (Phi) is 7.38. The number of nitrogens with one attached hydrogen (secondary N) is 1. The van der Waals surface area contributed by atoms with E-state index in [-0.39, 0.29) is 17.7 Å². The fourth-order valence-electron chi connectivity index (χ4n) is 4.34. The maximum Gasteiger partial charge on any atom is 0.277 e. The number of nitrogens with zero attached hydrogens (tertiary/aromatic N) is 4. The Morgan fingerprint density at radius 1 is 1.21 bits per heavy atom. The molecule has 3 aromatic rings. The van der Waals surface area contributed by atoms with Gasteiger partial charge in [-0.2, -0.15) is 0 Å². The Balaban J connectivity index is 1.67. The number of benzene rings is 1. The summed E-state index contributed by atoms with van der Waals surface area (Å²) in [7, 11) is 1.59. The van der Waals surface area contributed by atoms with Crippen molar-refractivity contribution in [3.63, 3.8) is 0 Å². The van der Waals surface area contributed by atoms with Gasteiger partial charge in [-0.3, -0.25) is 9.36 Å². The van der Waals surface area contributed by atoms with Gasteiger partial charge in [-0.1, -0.05) is 17.7 Å². The van der Waals surface area contributed by atoms with E-state index in [4.69, 9.17) is 26.1 Å². The standard InChI is InChI=1S/C25H30ClN5O3/c1-5-31-24(18-11-10-17(33-4)13-19(18)26)28-16(3)23(25(31)32)29-20-14-30(15-21(20)34-6-2)22-9-7-8-12-27-22/h7-13,20-21,29H,5-6,14-15H2,1-4H3/t20-,21+/m1/s1. The van der Waals surface area contributed by atoms with Gasteiger partial charge in [0.15, 0.2) is 0 Å². The van der Waals surface area contributed by atoms with E-state index in [0.717, 1.165) is 5.82 Å². The fourth-order valence-corrected chi connectivity index (χ4v) is 4.59. The second-order valence-corrected chi connectivity index (χ2v) is 8.54. The number of halogens is 1. The smallest absolute Gasteiger partial charge is 0.277 e. The van der Waals surface area contributed by atoms with Crippen molar-refractivity contribution in [2.45, 2.75) is 39.5 Å². The van der Waals surface area contributed by atoms with Crippen molar-refractivity contribution in [3.05, 3.63) is 63.7 Å². The van der Waals surface area contributed by atoms with E-state index in [0.29, 0.717) is 59.8 Å². The highest BCUT2D eigenvalue weighted by Crippen LogP contribution is 2.31. The normalized spacial score (nSPS) is 17.7. The molecule has 180 valence electrons. The zero-order valence-electron chi connectivity index (χ0n) is 19.9. The molecule has 0 spiro atoms. The highest BCUT2D eigenvalue weighted by atomic mass is 35.5. The van der Waals surface area contributed by atoms with Gasteiger partial charge in [-0.05, 0) is 51.1 Å². The number of pyridine rings is 1. The predicted molar refractivity (Wildman–Crippen MR) is 135 cm³/mol. The maximum atomic E-state index is 13.6. The topological polar surface area (TPSA) is 81.5 Å². The molecule has 0 bridgehead atoms. The first kappa shape index (κ1) is 24.0. The van der Waals surface area contributed by atoms with Crippen LogP contribution in [0.25, 0.3) is 11.4 Å². The van der Waals surface area contributed by atoms with Crippen LogP contribution in [0, 0.1) is 6.92 Å². The Morgan fingerprint density at radius 3 is 2.68 bits per heavy atom. The molecule has 1 aliphatic rings. The van der Waals surface area contributed by atoms with E-state index in [1.165, 1.54) is 0 Å². The van der Waals surface area contributed by atoms with Crippen molar-refractivity contribution in [3.8, 4) is 17.1 Å². The van der Waals surface area contributed by atoms with Crippen LogP contribution >= 0.6 is 11.6 Å². The monoisotopic (exact) mass is 483 g/mol. The molecule has 0 radical (unpaired) electrons. The number of aromatic nitrogens is 3. The fraction of sp³-hybridized carbons (Fsp3) is 0.400. The molecule has 0 aliphatic carbocycles. The van der Waals surface area contributed by atoms with Crippen molar-refractivity contribution in [1.82, 2.24) is 14.5 Å². The lowest BCUT2D eigenvalue weighted by molar-refractivity contribution is 0.0720. The van der Waals surface area contributed by atoms with Crippen LogP contribution in [0.4, 0.5) is 11.5 Å². The number of hydrogen-bond donors (Lipinski definition) is 1. The summed E-state index contributed by atoms with van der Waals surface area (Å²) in [6.07, 6.45) is 1.69. The summed E-state index contributed by atoms with van der Waals surface area (Å²) >= 11 is 6.50. The molecular formula is C25H30ClN5O3. The minimum Gasteiger partial charge on any atom is -0.497 e. The van der Waals surface area contributed by atoms with Gasteiger partial charge in [0.25, 0.3) is 5.56 Å². The molecule has 1 aromatic carbocycles. The van der Waals surface area contributed by atoms with Gasteiger partial charge in [-0.25, -0.2) is 9.97 Å². The number of methoxy groups -OCH3 is 1. The van der Waals surface area contributed by atoms with Crippen LogP contribution in [0.3, 0.4) is 0 Å². The molecule has 4 rings (SSSR count). The average Bonchev–Trinajstić information content (AvgIpc) is 3.24. The molecule has 3 heterocycles. The van der Waals surface area contributed by atoms with Crippen LogP contribution in [-0.2, 0) is 11.3 Å². The SMILES string of the molecule is CCO[C@H]1CN(c2ccccn2)C[C@H]1Nc1c(C)nc(-c2ccc(OC)cc2Cl)n(CC)c1=O. The van der Waals surface area contributed by atoms with Crippen LogP contribution in [-0.4, -0.2) is 53.5 Å². The van der Waals surface area contributed by atoms with Crippen LogP contribution in [0.1, 0.15) is 19.5 Å². The summed E-state index contributed by atoms with van der Waals surface area (Å²) in [5.74, 6) is 2.07. The lowest BCUT2D eigenvalue weighted by atomic mass is 10.1. The van der Waals surface area contributed by atoms with Crippen LogP contribution in [0.2, 0.25) is 5.02 Å². The summed E-state index contributed by atoms with van der Waals surface area (Å²) in [5, 5.41) is 3.93. The number of ether oxygens (including phenoxy) is 2. The molecule has 1 N–H and O–H groups in total. The molecule has 1 aliphatic heterocycles. The van der Waals surface area contributed by atoms with Gasteiger partial charge in [-0.15, -0.1) is 0 Å². The minimum atomic E-state index is -0.136. The van der Waals surface area contributed by atoms with Crippen molar-refractivity contribution >= 4 is 23.1 Å². The Bertz CT molecular complexity index is 1200. The molecule has 2 atom stereocenters. The molecule has 9 heteroatoms. The van der Waals surface area contributed by atoms with E-state index in [9.17, 15) is 4.79 Å². The summed E-state index contributed by atoms with van der Waals surface area (Å²) in [6, 6.07) is 11.1. The Labute approximate surface area is 204 Å². The highest BCUT2D eigenvalue weighted by molar-refractivity contribution is 6.33. The van der Waals surface area contributed by atoms with Gasteiger partial charge in [0, 0.05) is 38.0 Å². The minimum absolute atomic E-state index is 0.0865. The second kappa shape index (κ2) is 10.4. The largest absolute Gasteiger partial charge is 0.497 e. The molecule has 1 saturated heterocycles. The Morgan fingerprint density at radius 2 is 2.03 bits per heavy atom. The number of aryl methyl sites for hydroxylation is 1. The maximum absolute atomic E-state index is 13.6. The molecule has 8 nitrogen and oxygen atoms in total. The van der Waals surface area contributed by atoms with E-state index in [1.807, 2.05) is 51.1 Å².